The molecule has 1 aromatic heterocycles. The Morgan fingerprint density at radius 3 is 2.67 bits per heavy atom. The molecule has 1 heterocycles. The number of nitrogens with zero attached hydrogens (tertiary/aromatic N) is 2. The Morgan fingerprint density at radius 2 is 2.13 bits per heavy atom. The number of rotatable bonds is 4. The fourth-order valence-corrected chi connectivity index (χ4v) is 1.46. The molecule has 0 saturated carbocycles. The van der Waals surface area contributed by atoms with Gasteiger partial charge in [-0.1, -0.05) is 24.9 Å². The predicted molar refractivity (Wildman–Crippen MR) is 51.9 cm³/mol. The summed E-state index contributed by atoms with van der Waals surface area (Å²) >= 11 is 5.76. The summed E-state index contributed by atoms with van der Waals surface area (Å²) in [6.45, 7) is 0.916. The number of hydrogen-bond acceptors (Lipinski definition) is 1. The highest BCUT2D eigenvalue weighted by atomic mass is 35.5. The predicted octanol–water partition coefficient (Wildman–Crippen LogP) is 3.44. The fourth-order valence-electron chi connectivity index (χ4n) is 1.22. The van der Waals surface area contributed by atoms with Gasteiger partial charge in [0.15, 0.2) is 0 Å². The van der Waals surface area contributed by atoms with Crippen LogP contribution >= 0.6 is 11.6 Å². The smallest absolute Gasteiger partial charge is 0.262 e. The van der Waals surface area contributed by atoms with Crippen molar-refractivity contribution in [3.63, 3.8) is 0 Å². The van der Waals surface area contributed by atoms with Gasteiger partial charge in [-0.15, -0.1) is 0 Å². The topological polar surface area (TPSA) is 17.8 Å². The lowest BCUT2D eigenvalue weighted by Crippen LogP contribution is -2.18. The molecule has 6 heteroatoms. The molecule has 86 valence electrons. The minimum Gasteiger partial charge on any atom is -0.262 e. The molecule has 2 nitrogen and oxygen atoms in total. The summed E-state index contributed by atoms with van der Waals surface area (Å²) < 4.78 is 36.9. The molecule has 1 aromatic rings. The van der Waals surface area contributed by atoms with Crippen LogP contribution in [0.4, 0.5) is 13.2 Å². The molecule has 0 amide bonds. The number of aromatic nitrogens is 2. The van der Waals surface area contributed by atoms with E-state index in [2.05, 4.69) is 5.10 Å². The van der Waals surface area contributed by atoms with E-state index >= 15 is 0 Å². The molecule has 0 fully saturated rings. The summed E-state index contributed by atoms with van der Waals surface area (Å²) in [6, 6.07) is 0. The largest absolute Gasteiger partial charge is 0.408 e. The average Bonchev–Trinajstić information content (AvgIpc) is 2.39. The maximum absolute atomic E-state index is 12.0. The van der Waals surface area contributed by atoms with Gasteiger partial charge in [0.1, 0.15) is 6.54 Å². The van der Waals surface area contributed by atoms with Gasteiger partial charge in [0, 0.05) is 6.20 Å². The van der Waals surface area contributed by atoms with Crippen molar-refractivity contribution in [3.8, 4) is 0 Å². The van der Waals surface area contributed by atoms with Gasteiger partial charge >= 0.3 is 6.18 Å². The van der Waals surface area contributed by atoms with Gasteiger partial charge in [-0.05, 0) is 12.8 Å². The molecule has 0 spiro atoms. The fraction of sp³-hybridized carbons (Fsp3) is 0.667. The molecule has 1 rings (SSSR count). The first-order chi connectivity index (χ1) is 6.92. The Bertz CT molecular complexity index is 320. The molecule has 0 aliphatic heterocycles. The minimum absolute atomic E-state index is 0.313. The van der Waals surface area contributed by atoms with E-state index in [1.807, 2.05) is 6.92 Å². The van der Waals surface area contributed by atoms with Crippen LogP contribution in [-0.2, 0) is 13.0 Å². The molecule has 0 unspecified atom stereocenters. The van der Waals surface area contributed by atoms with Gasteiger partial charge in [-0.2, -0.15) is 18.3 Å². The second-order valence-corrected chi connectivity index (χ2v) is 3.75. The zero-order chi connectivity index (χ0) is 11.5. The average molecular weight is 241 g/mol. The van der Waals surface area contributed by atoms with Crippen molar-refractivity contribution in [1.29, 1.82) is 0 Å². The number of unbranched alkanes of at least 4 members (excludes halogenated alkanes) is 1. The van der Waals surface area contributed by atoms with E-state index in [0.29, 0.717) is 17.1 Å². The quantitative estimate of drug-likeness (QED) is 0.788. The molecule has 0 atom stereocenters. The van der Waals surface area contributed by atoms with Gasteiger partial charge in [-0.25, -0.2) is 0 Å². The van der Waals surface area contributed by atoms with Crippen LogP contribution in [0.2, 0.25) is 5.02 Å². The van der Waals surface area contributed by atoms with Crippen molar-refractivity contribution in [3.05, 3.63) is 16.9 Å². The van der Waals surface area contributed by atoms with Crippen molar-refractivity contribution in [2.45, 2.75) is 38.9 Å². The monoisotopic (exact) mass is 240 g/mol. The molecular weight excluding hydrogens is 229 g/mol. The molecule has 0 N–H and O–H groups in total. The van der Waals surface area contributed by atoms with Gasteiger partial charge < -0.3 is 0 Å². The third-order valence-electron chi connectivity index (χ3n) is 1.90. The summed E-state index contributed by atoms with van der Waals surface area (Å²) in [5.41, 5.74) is 0.544. The summed E-state index contributed by atoms with van der Waals surface area (Å²) in [5, 5.41) is 4.11. The van der Waals surface area contributed by atoms with Crippen LogP contribution in [0.1, 0.15) is 25.5 Å². The molecule has 0 saturated heterocycles. The number of alkyl halides is 3. The second-order valence-electron chi connectivity index (χ2n) is 3.34. The van der Waals surface area contributed by atoms with E-state index in [4.69, 9.17) is 11.6 Å². The first kappa shape index (κ1) is 12.4. The lowest BCUT2D eigenvalue weighted by molar-refractivity contribution is -0.142. The number of aryl methyl sites for hydroxylation is 1. The van der Waals surface area contributed by atoms with Crippen LogP contribution in [0, 0.1) is 0 Å². The van der Waals surface area contributed by atoms with Crippen molar-refractivity contribution < 1.29 is 13.2 Å². The standard InChI is InChI=1S/C9H12ClF3N2/c1-2-3-4-8-7(10)5-15(14-8)6-9(11,12)13/h5H,2-4,6H2,1H3. The second kappa shape index (κ2) is 4.88. The highest BCUT2D eigenvalue weighted by Gasteiger charge is 2.28. The molecule has 0 aromatic carbocycles. The van der Waals surface area contributed by atoms with Gasteiger partial charge in [-0.3, -0.25) is 4.68 Å². The highest BCUT2D eigenvalue weighted by Crippen LogP contribution is 2.21. The molecule has 15 heavy (non-hydrogen) atoms. The third kappa shape index (κ3) is 4.11. The first-order valence-electron chi connectivity index (χ1n) is 4.71. The van der Waals surface area contributed by atoms with E-state index in [0.717, 1.165) is 17.5 Å². The Kier molecular flexibility index (Phi) is 4.02. The van der Waals surface area contributed by atoms with Crippen molar-refractivity contribution in [2.24, 2.45) is 0 Å². The zero-order valence-electron chi connectivity index (χ0n) is 8.31. The maximum Gasteiger partial charge on any atom is 0.408 e. The number of halogens is 4. The summed E-state index contributed by atoms with van der Waals surface area (Å²) in [6.07, 6.45) is -0.567. The van der Waals surface area contributed by atoms with Crippen LogP contribution < -0.4 is 0 Å². The van der Waals surface area contributed by atoms with E-state index in [9.17, 15) is 13.2 Å². The van der Waals surface area contributed by atoms with Crippen LogP contribution in [0.5, 0.6) is 0 Å². The zero-order valence-corrected chi connectivity index (χ0v) is 9.07. The van der Waals surface area contributed by atoms with Crippen molar-refractivity contribution in [2.75, 3.05) is 0 Å². The molecule has 0 aliphatic rings. The third-order valence-corrected chi connectivity index (χ3v) is 2.21. The van der Waals surface area contributed by atoms with E-state index in [1.54, 1.807) is 0 Å². The van der Waals surface area contributed by atoms with Crippen LogP contribution in [0.15, 0.2) is 6.20 Å². The van der Waals surface area contributed by atoms with Crippen molar-refractivity contribution in [1.82, 2.24) is 9.78 Å². The van der Waals surface area contributed by atoms with Crippen LogP contribution in [0.25, 0.3) is 0 Å². The minimum atomic E-state index is -4.25. The van der Waals surface area contributed by atoms with Gasteiger partial charge in [0.05, 0.1) is 10.7 Å². The van der Waals surface area contributed by atoms with E-state index < -0.39 is 12.7 Å². The lowest BCUT2D eigenvalue weighted by atomic mass is 10.2. The molecular formula is C9H12ClF3N2. The Morgan fingerprint density at radius 1 is 1.47 bits per heavy atom. The molecule has 0 radical (unpaired) electrons. The van der Waals surface area contributed by atoms with Crippen molar-refractivity contribution >= 4 is 11.6 Å². The normalized spacial score (nSPS) is 12.1. The number of hydrogen-bond donors (Lipinski definition) is 0. The van der Waals surface area contributed by atoms with Crippen LogP contribution in [0.3, 0.4) is 0 Å². The SMILES string of the molecule is CCCCc1nn(CC(F)(F)F)cc1Cl. The Balaban J connectivity index is 2.68. The Labute approximate surface area is 91.0 Å². The molecule has 0 bridgehead atoms. The molecule has 0 aliphatic carbocycles. The lowest BCUT2D eigenvalue weighted by Gasteiger charge is -2.05. The maximum atomic E-state index is 12.0. The van der Waals surface area contributed by atoms with E-state index in [-0.39, 0.29) is 0 Å². The van der Waals surface area contributed by atoms with Gasteiger partial charge in [0.2, 0.25) is 0 Å². The highest BCUT2D eigenvalue weighted by molar-refractivity contribution is 6.31. The van der Waals surface area contributed by atoms with E-state index in [1.165, 1.54) is 6.20 Å². The van der Waals surface area contributed by atoms with Gasteiger partial charge in [0.25, 0.3) is 0 Å². The van der Waals surface area contributed by atoms with Crippen LogP contribution in [-0.4, -0.2) is 16.0 Å². The summed E-state index contributed by atoms with van der Waals surface area (Å²) in [5.74, 6) is 0. The summed E-state index contributed by atoms with van der Waals surface area (Å²) in [7, 11) is 0. The first-order valence-corrected chi connectivity index (χ1v) is 5.08. The Hall–Kier alpha value is -0.710. The summed E-state index contributed by atoms with van der Waals surface area (Å²) in [4.78, 5) is 0.